The van der Waals surface area contributed by atoms with E-state index in [2.05, 4.69) is 20.5 Å². The van der Waals surface area contributed by atoms with Crippen LogP contribution in [0, 0.1) is 5.82 Å². The molecule has 0 aliphatic carbocycles. The molecule has 2 aliphatic heterocycles. The number of halogens is 1. The average molecular weight is 448 g/mol. The van der Waals surface area contributed by atoms with Crippen LogP contribution >= 0.6 is 0 Å². The molecule has 2 aromatic heterocycles. The van der Waals surface area contributed by atoms with Crippen LogP contribution in [0.1, 0.15) is 29.9 Å². The normalized spacial score (nSPS) is 17.7. The van der Waals surface area contributed by atoms with Crippen LogP contribution in [0.3, 0.4) is 0 Å². The molecule has 0 saturated carbocycles. The van der Waals surface area contributed by atoms with Crippen molar-refractivity contribution in [3.8, 4) is 11.3 Å². The molecule has 1 fully saturated rings. The van der Waals surface area contributed by atoms with Crippen LogP contribution in [0.25, 0.3) is 22.5 Å². The highest BCUT2D eigenvalue weighted by molar-refractivity contribution is 5.99. The molecule has 1 aromatic carbocycles. The topological polar surface area (TPSA) is 95.0 Å². The Hall–Kier alpha value is -3.95. The highest BCUT2D eigenvalue weighted by Gasteiger charge is 2.41. The van der Waals surface area contributed by atoms with Gasteiger partial charge in [0.25, 0.3) is 5.91 Å². The summed E-state index contributed by atoms with van der Waals surface area (Å²) >= 11 is 0. The number of amides is 2. The second-order valence-electron chi connectivity index (χ2n) is 8.64. The second kappa shape index (κ2) is 7.58. The van der Waals surface area contributed by atoms with Crippen LogP contribution in [-0.2, 0) is 4.79 Å². The molecule has 168 valence electrons. The lowest BCUT2D eigenvalue weighted by Gasteiger charge is -2.40. The summed E-state index contributed by atoms with van der Waals surface area (Å²) in [4.78, 5) is 31.8. The molecule has 4 heterocycles. The Kier molecular flexibility index (Phi) is 4.80. The molecule has 1 saturated heterocycles. The number of nitrogens with zero attached hydrogens (tertiary/aromatic N) is 6. The van der Waals surface area contributed by atoms with Crippen LogP contribution in [0.15, 0.2) is 47.8 Å². The Morgan fingerprint density at radius 2 is 2.00 bits per heavy atom. The monoisotopic (exact) mass is 448 g/mol. The van der Waals surface area contributed by atoms with Crippen molar-refractivity contribution in [2.24, 2.45) is 5.11 Å². The third-order valence-electron chi connectivity index (χ3n) is 6.03. The smallest absolute Gasteiger partial charge is 0.275 e. The first-order valence-corrected chi connectivity index (χ1v) is 10.6. The van der Waals surface area contributed by atoms with Crippen molar-refractivity contribution in [1.82, 2.24) is 24.8 Å². The molecule has 5 rings (SSSR count). The van der Waals surface area contributed by atoms with Gasteiger partial charge in [-0.05, 0) is 49.3 Å². The standard InChI is InChI=1S/C23H22FN7O2/c1-23(2)22(33)25-8-9-30(23)21(32)19-13-31-20(27-19)17(15-11-26-29(3)12-15)10-18(28-31)14-4-6-16(24)7-5-14/h4-7,10,12-13H,8-9,11H2,1-3H3/p+1. The molecule has 2 aliphatic rings. The molecule has 0 radical (unpaired) electrons. The summed E-state index contributed by atoms with van der Waals surface area (Å²) in [6.45, 7) is 4.68. The summed E-state index contributed by atoms with van der Waals surface area (Å²) in [5.41, 5.74) is 2.78. The van der Waals surface area contributed by atoms with Gasteiger partial charge < -0.3 is 10.2 Å². The van der Waals surface area contributed by atoms with Crippen molar-refractivity contribution in [2.75, 3.05) is 26.7 Å². The van der Waals surface area contributed by atoms with E-state index in [4.69, 9.17) is 0 Å². The lowest BCUT2D eigenvalue weighted by Crippen LogP contribution is -2.63. The van der Waals surface area contributed by atoms with E-state index in [1.165, 1.54) is 17.0 Å². The first-order valence-electron chi connectivity index (χ1n) is 10.6. The first-order chi connectivity index (χ1) is 15.7. The van der Waals surface area contributed by atoms with E-state index >= 15 is 0 Å². The van der Waals surface area contributed by atoms with Gasteiger partial charge in [0.15, 0.2) is 12.7 Å². The SMILES string of the molecule is C[N+]1=NCC(c2cc(-c3ccc(F)cc3)nn3cc(C(=O)N4CCNC(=O)C4(C)C)nc23)=C1. The summed E-state index contributed by atoms with van der Waals surface area (Å²) in [5, 5.41) is 11.8. The predicted octanol–water partition coefficient (Wildman–Crippen LogP) is 2.33. The number of azo groups is 2. The maximum atomic E-state index is 13.4. The fourth-order valence-corrected chi connectivity index (χ4v) is 4.12. The number of hydrogen-bond donors (Lipinski definition) is 1. The van der Waals surface area contributed by atoms with Gasteiger partial charge >= 0.3 is 0 Å². The molecular formula is C23H23FN7O2+. The number of rotatable bonds is 3. The molecule has 0 bridgehead atoms. The van der Waals surface area contributed by atoms with E-state index in [9.17, 15) is 14.0 Å². The molecule has 33 heavy (non-hydrogen) atoms. The van der Waals surface area contributed by atoms with E-state index in [1.807, 2.05) is 19.3 Å². The molecule has 2 amide bonds. The number of hydrogen-bond acceptors (Lipinski definition) is 5. The largest absolute Gasteiger partial charge is 0.352 e. The van der Waals surface area contributed by atoms with Crippen LogP contribution in [0.5, 0.6) is 0 Å². The van der Waals surface area contributed by atoms with E-state index in [1.54, 1.807) is 41.4 Å². The summed E-state index contributed by atoms with van der Waals surface area (Å²) in [6.07, 6.45) is 3.48. The third kappa shape index (κ3) is 3.57. The predicted molar refractivity (Wildman–Crippen MR) is 118 cm³/mol. The van der Waals surface area contributed by atoms with Gasteiger partial charge in [0.2, 0.25) is 12.1 Å². The first kappa shape index (κ1) is 20.9. The summed E-state index contributed by atoms with van der Waals surface area (Å²) in [7, 11) is 1.84. The number of carbonyl (C=O) groups is 2. The highest BCUT2D eigenvalue weighted by Crippen LogP contribution is 2.28. The minimum atomic E-state index is -0.990. The van der Waals surface area contributed by atoms with Crippen LogP contribution < -0.4 is 5.32 Å². The molecule has 0 spiro atoms. The van der Waals surface area contributed by atoms with E-state index in [0.29, 0.717) is 31.0 Å². The van der Waals surface area contributed by atoms with Crippen molar-refractivity contribution in [1.29, 1.82) is 0 Å². The van der Waals surface area contributed by atoms with Gasteiger partial charge in [0.1, 0.15) is 23.6 Å². The molecule has 9 nitrogen and oxygen atoms in total. The van der Waals surface area contributed by atoms with E-state index in [-0.39, 0.29) is 23.3 Å². The Morgan fingerprint density at radius 1 is 1.24 bits per heavy atom. The van der Waals surface area contributed by atoms with Crippen LogP contribution in [-0.4, -0.2) is 68.2 Å². The minimum absolute atomic E-state index is 0.201. The number of imidazole rings is 1. The van der Waals surface area contributed by atoms with Crippen LogP contribution in [0.4, 0.5) is 4.39 Å². The highest BCUT2D eigenvalue weighted by atomic mass is 19.1. The zero-order valence-corrected chi connectivity index (χ0v) is 18.5. The van der Waals surface area contributed by atoms with Gasteiger partial charge in [0, 0.05) is 24.2 Å². The molecule has 3 aromatic rings. The van der Waals surface area contributed by atoms with E-state index in [0.717, 1.165) is 16.7 Å². The summed E-state index contributed by atoms with van der Waals surface area (Å²) in [6, 6.07) is 7.95. The van der Waals surface area contributed by atoms with Crippen molar-refractivity contribution >= 4 is 23.0 Å². The van der Waals surface area contributed by atoms with Gasteiger partial charge in [-0.25, -0.2) is 13.9 Å². The zero-order valence-electron chi connectivity index (χ0n) is 18.5. The lowest BCUT2D eigenvalue weighted by atomic mass is 9.98. The third-order valence-corrected chi connectivity index (χ3v) is 6.03. The number of fused-ring (bicyclic) bond motifs is 1. The maximum Gasteiger partial charge on any atom is 0.275 e. The number of aromatic nitrogens is 3. The second-order valence-corrected chi connectivity index (χ2v) is 8.64. The van der Waals surface area contributed by atoms with E-state index < -0.39 is 5.54 Å². The Morgan fingerprint density at radius 3 is 2.70 bits per heavy atom. The maximum absolute atomic E-state index is 13.4. The van der Waals surface area contributed by atoms with Crippen LogP contribution in [0.2, 0.25) is 0 Å². The molecule has 0 atom stereocenters. The fraction of sp³-hybridized carbons (Fsp3) is 0.304. The average Bonchev–Trinajstić information content (AvgIpc) is 3.41. The number of nitrogens with one attached hydrogen (secondary N) is 1. The summed E-state index contributed by atoms with van der Waals surface area (Å²) in [5.74, 6) is -0.872. The molecule has 1 N–H and O–H groups in total. The van der Waals surface area contributed by atoms with Gasteiger partial charge in [-0.15, -0.1) is 0 Å². The Bertz CT molecular complexity index is 1360. The summed E-state index contributed by atoms with van der Waals surface area (Å²) < 4.78 is 16.7. The number of carbonyl (C=O) groups excluding carboxylic acids is 2. The minimum Gasteiger partial charge on any atom is -0.352 e. The quantitative estimate of drug-likeness (QED) is 0.623. The van der Waals surface area contributed by atoms with Crippen molar-refractivity contribution in [2.45, 2.75) is 19.4 Å². The molecule has 0 unspecified atom stereocenters. The Labute approximate surface area is 189 Å². The van der Waals surface area contributed by atoms with Crippen molar-refractivity contribution in [3.05, 3.63) is 59.8 Å². The van der Waals surface area contributed by atoms with Gasteiger partial charge in [-0.3, -0.25) is 9.59 Å². The van der Waals surface area contributed by atoms with Crippen molar-refractivity contribution < 1.29 is 18.7 Å². The lowest BCUT2D eigenvalue weighted by molar-refractivity contribution is -0.491. The van der Waals surface area contributed by atoms with Gasteiger partial charge in [-0.2, -0.15) is 5.10 Å². The number of benzene rings is 1. The van der Waals surface area contributed by atoms with Gasteiger partial charge in [-0.1, -0.05) is 4.70 Å². The Balaban J connectivity index is 1.63. The zero-order chi connectivity index (χ0) is 23.3. The molecule has 10 heteroatoms. The van der Waals surface area contributed by atoms with Crippen molar-refractivity contribution in [3.63, 3.8) is 0 Å². The number of piperazine rings is 1. The fourth-order valence-electron chi connectivity index (χ4n) is 4.12. The van der Waals surface area contributed by atoms with Gasteiger partial charge in [0.05, 0.1) is 17.5 Å². The molecular weight excluding hydrogens is 425 g/mol.